The molecule has 0 bridgehead atoms. The lowest BCUT2D eigenvalue weighted by Crippen LogP contribution is -2.38. The summed E-state index contributed by atoms with van der Waals surface area (Å²) in [4.78, 5) is 0. The number of fused-ring (bicyclic) bond motifs is 5. The van der Waals surface area contributed by atoms with Crippen LogP contribution in [0.4, 0.5) is 0 Å². The second kappa shape index (κ2) is 8.22. The monoisotopic (exact) mass is 396 g/mol. The van der Waals surface area contributed by atoms with Gasteiger partial charge in [0, 0.05) is 0 Å². The zero-order valence-corrected chi connectivity index (χ0v) is 18.8. The van der Waals surface area contributed by atoms with E-state index in [2.05, 4.69) is 74.5 Å². The molecular weight excluding hydrogens is 360 g/mol. The van der Waals surface area contributed by atoms with Crippen LogP contribution in [0.3, 0.4) is 0 Å². The summed E-state index contributed by atoms with van der Waals surface area (Å²) in [5.41, 5.74) is 3.74. The second-order valence-electron chi connectivity index (χ2n) is 9.92. The normalized spacial score (nSPS) is 26.2. The lowest BCUT2D eigenvalue weighted by Gasteiger charge is -2.46. The van der Waals surface area contributed by atoms with Crippen molar-refractivity contribution in [2.75, 3.05) is 0 Å². The van der Waals surface area contributed by atoms with Gasteiger partial charge in [-0.1, -0.05) is 87.4 Å². The Hall–Kier alpha value is -2.08. The molecule has 0 saturated heterocycles. The molecule has 0 heterocycles. The van der Waals surface area contributed by atoms with Gasteiger partial charge in [-0.15, -0.1) is 0 Å². The fourth-order valence-corrected chi connectivity index (χ4v) is 6.66. The van der Waals surface area contributed by atoms with Crippen LogP contribution in [0, 0.1) is 11.8 Å². The number of allylic oxidation sites excluding steroid dienone is 2. The molecule has 0 saturated carbocycles. The quantitative estimate of drug-likeness (QED) is 0.299. The minimum atomic E-state index is 0.370. The average Bonchev–Trinajstić information content (AvgIpc) is 2.82. The minimum Gasteiger partial charge on any atom is -0.0885 e. The van der Waals surface area contributed by atoms with Gasteiger partial charge in [0.2, 0.25) is 0 Å². The smallest absolute Gasteiger partial charge is 0.00438 e. The fraction of sp³-hybridized carbons (Fsp3) is 0.467. The third-order valence-electron chi connectivity index (χ3n) is 8.39. The van der Waals surface area contributed by atoms with Gasteiger partial charge in [-0.05, 0) is 94.9 Å². The summed E-state index contributed by atoms with van der Waals surface area (Å²) in [7, 11) is 0. The molecule has 0 radical (unpaired) electrons. The largest absolute Gasteiger partial charge is 0.0885 e. The maximum atomic E-state index is 2.53. The van der Waals surface area contributed by atoms with Gasteiger partial charge in [-0.3, -0.25) is 0 Å². The number of unbranched alkanes of at least 4 members (excludes halogenated alkanes) is 1. The van der Waals surface area contributed by atoms with Gasteiger partial charge >= 0.3 is 0 Å². The van der Waals surface area contributed by atoms with Crippen LogP contribution in [0.25, 0.3) is 21.5 Å². The van der Waals surface area contributed by atoms with E-state index in [1.807, 2.05) is 0 Å². The Labute approximate surface area is 182 Å². The van der Waals surface area contributed by atoms with Crippen LogP contribution in [0.5, 0.6) is 0 Å². The second-order valence-corrected chi connectivity index (χ2v) is 9.92. The topological polar surface area (TPSA) is 0 Å². The molecule has 0 nitrogen and oxygen atoms in total. The molecule has 0 N–H and O–H groups in total. The summed E-state index contributed by atoms with van der Waals surface area (Å²) in [5, 5.41) is 5.76. The van der Waals surface area contributed by atoms with Crippen molar-refractivity contribution in [3.8, 4) is 0 Å². The zero-order valence-electron chi connectivity index (χ0n) is 18.8. The highest BCUT2D eigenvalue weighted by molar-refractivity contribution is 6.08. The highest BCUT2D eigenvalue weighted by Gasteiger charge is 2.41. The molecule has 0 heteroatoms. The number of rotatable bonds is 5. The lowest BCUT2D eigenvalue weighted by atomic mass is 9.59. The molecule has 156 valence electrons. The van der Waals surface area contributed by atoms with E-state index in [1.54, 1.807) is 11.1 Å². The number of hydrogen-bond acceptors (Lipinski definition) is 0. The molecule has 3 unspecified atom stereocenters. The first-order valence-electron chi connectivity index (χ1n) is 12.3. The molecule has 3 aromatic rings. The van der Waals surface area contributed by atoms with Crippen LogP contribution < -0.4 is 0 Å². The third-order valence-corrected chi connectivity index (χ3v) is 8.39. The molecule has 3 aromatic carbocycles. The van der Waals surface area contributed by atoms with Crippen molar-refractivity contribution in [1.29, 1.82) is 0 Å². The maximum absolute atomic E-state index is 2.53. The number of hydrogen-bond donors (Lipinski definition) is 0. The summed E-state index contributed by atoms with van der Waals surface area (Å²) in [6.07, 6.45) is 16.8. The van der Waals surface area contributed by atoms with Gasteiger partial charge in [-0.2, -0.15) is 0 Å². The van der Waals surface area contributed by atoms with Crippen molar-refractivity contribution in [2.45, 2.75) is 77.0 Å². The summed E-state index contributed by atoms with van der Waals surface area (Å²) >= 11 is 0. The van der Waals surface area contributed by atoms with E-state index < -0.39 is 0 Å². The van der Waals surface area contributed by atoms with Gasteiger partial charge in [0.15, 0.2) is 0 Å². The molecule has 30 heavy (non-hydrogen) atoms. The molecule has 0 aliphatic heterocycles. The van der Waals surface area contributed by atoms with E-state index in [4.69, 9.17) is 0 Å². The Morgan fingerprint density at radius 1 is 0.867 bits per heavy atom. The van der Waals surface area contributed by atoms with Crippen LogP contribution in [-0.4, -0.2) is 0 Å². The lowest BCUT2D eigenvalue weighted by molar-refractivity contribution is 0.189. The predicted octanol–water partition coefficient (Wildman–Crippen LogP) is 8.75. The van der Waals surface area contributed by atoms with Gasteiger partial charge in [0.25, 0.3) is 0 Å². The fourth-order valence-electron chi connectivity index (χ4n) is 6.66. The maximum Gasteiger partial charge on any atom is -0.00438 e. The van der Waals surface area contributed by atoms with Crippen LogP contribution in [-0.2, 0) is 11.8 Å². The standard InChI is InChI=1S/C30H36/c1-3-5-19-30(4-2)21-24(22-11-7-6-8-12-22)20-28-27-16-15-23-13-9-10-14-25(23)26(27)17-18-29(28)30/h6-7,9-10,13-18,22,24H,3-5,8,11-12,19-21H2,1-2H3. The first kappa shape index (κ1) is 19.9. The van der Waals surface area contributed by atoms with E-state index >= 15 is 0 Å². The Morgan fingerprint density at radius 2 is 1.73 bits per heavy atom. The molecule has 3 atom stereocenters. The SMILES string of the molecule is CCCCC1(CC)CC(C2CC=CCC2)Cc2c1ccc1c2ccc2ccccc21. The summed E-state index contributed by atoms with van der Waals surface area (Å²) < 4.78 is 0. The first-order chi connectivity index (χ1) is 14.8. The molecule has 0 amide bonds. The first-order valence-corrected chi connectivity index (χ1v) is 12.3. The Kier molecular flexibility index (Phi) is 5.44. The molecule has 0 aromatic heterocycles. The van der Waals surface area contributed by atoms with Crippen molar-refractivity contribution in [3.05, 3.63) is 71.8 Å². The molecule has 2 aliphatic rings. The minimum absolute atomic E-state index is 0.370. The summed E-state index contributed by atoms with van der Waals surface area (Å²) in [6, 6.07) is 18.7. The van der Waals surface area contributed by atoms with Crippen LogP contribution in [0.15, 0.2) is 60.7 Å². The van der Waals surface area contributed by atoms with Gasteiger partial charge in [0.1, 0.15) is 0 Å². The van der Waals surface area contributed by atoms with Crippen molar-refractivity contribution < 1.29 is 0 Å². The third kappa shape index (κ3) is 3.29. The molecular formula is C30H36. The van der Waals surface area contributed by atoms with Crippen LogP contribution in [0.2, 0.25) is 0 Å². The molecule has 0 fully saturated rings. The van der Waals surface area contributed by atoms with Gasteiger partial charge in [-0.25, -0.2) is 0 Å². The molecule has 5 rings (SSSR count). The van der Waals surface area contributed by atoms with Gasteiger partial charge < -0.3 is 0 Å². The summed E-state index contributed by atoms with van der Waals surface area (Å²) in [6.45, 7) is 4.80. The Bertz CT molecular complexity index is 1070. The highest BCUT2D eigenvalue weighted by atomic mass is 14.5. The predicted molar refractivity (Wildman–Crippen MR) is 131 cm³/mol. The number of benzene rings is 3. The highest BCUT2D eigenvalue weighted by Crippen LogP contribution is 2.51. The molecule has 2 aliphatic carbocycles. The van der Waals surface area contributed by atoms with Gasteiger partial charge in [0.05, 0.1) is 0 Å². The zero-order chi connectivity index (χ0) is 20.6. The van der Waals surface area contributed by atoms with E-state index in [0.29, 0.717) is 5.41 Å². The average molecular weight is 397 g/mol. The van der Waals surface area contributed by atoms with E-state index in [1.165, 1.54) is 79.3 Å². The van der Waals surface area contributed by atoms with E-state index in [9.17, 15) is 0 Å². The Morgan fingerprint density at radius 3 is 2.53 bits per heavy atom. The van der Waals surface area contributed by atoms with Crippen molar-refractivity contribution in [3.63, 3.8) is 0 Å². The van der Waals surface area contributed by atoms with Crippen LogP contribution in [0.1, 0.15) is 76.3 Å². The van der Waals surface area contributed by atoms with Crippen molar-refractivity contribution in [1.82, 2.24) is 0 Å². The molecule has 0 spiro atoms. The van der Waals surface area contributed by atoms with Crippen molar-refractivity contribution >= 4 is 21.5 Å². The van der Waals surface area contributed by atoms with Crippen LogP contribution >= 0.6 is 0 Å². The summed E-state index contributed by atoms with van der Waals surface area (Å²) in [5.74, 6) is 1.70. The Balaban J connectivity index is 1.69. The van der Waals surface area contributed by atoms with E-state index in [0.717, 1.165) is 11.8 Å². The van der Waals surface area contributed by atoms with E-state index in [-0.39, 0.29) is 0 Å². The van der Waals surface area contributed by atoms with Crippen molar-refractivity contribution in [2.24, 2.45) is 11.8 Å².